The Balaban J connectivity index is 2.39. The van der Waals surface area contributed by atoms with Crippen molar-refractivity contribution < 1.29 is 13.3 Å². The second-order valence-corrected chi connectivity index (χ2v) is 6.05. The van der Waals surface area contributed by atoms with Crippen molar-refractivity contribution in [1.29, 1.82) is 0 Å². The molecule has 2 aromatic carbocycles. The fourth-order valence-corrected chi connectivity index (χ4v) is 3.04. The molecule has 0 saturated carbocycles. The number of anilines is 1. The zero-order chi connectivity index (χ0) is 15.5. The van der Waals surface area contributed by atoms with Crippen LogP contribution in [-0.2, 0) is 16.4 Å². The van der Waals surface area contributed by atoms with Crippen molar-refractivity contribution in [2.24, 2.45) is 0 Å². The molecular formula is C14H14N2O4S. The molecule has 7 heteroatoms. The largest absolute Gasteiger partial charge is 0.279 e. The van der Waals surface area contributed by atoms with Crippen LogP contribution in [0.3, 0.4) is 0 Å². The van der Waals surface area contributed by atoms with Crippen molar-refractivity contribution >= 4 is 21.4 Å². The van der Waals surface area contributed by atoms with Gasteiger partial charge in [-0.1, -0.05) is 31.2 Å². The Bertz CT molecular complexity index is 772. The van der Waals surface area contributed by atoms with Gasteiger partial charge in [-0.05, 0) is 24.1 Å². The number of nitro benzene ring substituents is 1. The third-order valence-corrected chi connectivity index (χ3v) is 4.34. The molecule has 110 valence electrons. The number of benzene rings is 2. The van der Waals surface area contributed by atoms with Crippen molar-refractivity contribution in [2.45, 2.75) is 18.2 Å². The molecule has 0 bridgehead atoms. The lowest BCUT2D eigenvalue weighted by Crippen LogP contribution is -2.14. The maximum atomic E-state index is 12.3. The number of nitrogens with zero attached hydrogens (tertiary/aromatic N) is 1. The number of aryl methyl sites for hydroxylation is 1. The SMILES string of the molecule is CCc1ccccc1NS(=O)(=O)c1cccc([N+](=O)[O-])c1. The van der Waals surface area contributed by atoms with E-state index < -0.39 is 14.9 Å². The van der Waals surface area contributed by atoms with Gasteiger partial charge in [-0.3, -0.25) is 14.8 Å². The smallest absolute Gasteiger partial charge is 0.270 e. The first-order chi connectivity index (χ1) is 9.94. The Hall–Kier alpha value is -2.41. The van der Waals surface area contributed by atoms with Gasteiger partial charge in [0.15, 0.2) is 0 Å². The van der Waals surface area contributed by atoms with Gasteiger partial charge in [0.25, 0.3) is 15.7 Å². The summed E-state index contributed by atoms with van der Waals surface area (Å²) in [5, 5.41) is 10.7. The van der Waals surface area contributed by atoms with Crippen molar-refractivity contribution in [3.8, 4) is 0 Å². The first-order valence-electron chi connectivity index (χ1n) is 6.29. The van der Waals surface area contributed by atoms with Crippen molar-refractivity contribution in [1.82, 2.24) is 0 Å². The molecule has 0 atom stereocenters. The predicted molar refractivity (Wildman–Crippen MR) is 79.7 cm³/mol. The van der Waals surface area contributed by atoms with E-state index in [1.54, 1.807) is 12.1 Å². The van der Waals surface area contributed by atoms with Crippen LogP contribution >= 0.6 is 0 Å². The minimum Gasteiger partial charge on any atom is -0.279 e. The summed E-state index contributed by atoms with van der Waals surface area (Å²) in [5.41, 5.74) is 1.07. The van der Waals surface area contributed by atoms with Crippen LogP contribution < -0.4 is 4.72 Å². The molecule has 0 amide bonds. The Kier molecular flexibility index (Phi) is 4.23. The zero-order valence-corrected chi connectivity index (χ0v) is 12.1. The van der Waals surface area contributed by atoms with Crippen LogP contribution in [0.15, 0.2) is 53.4 Å². The fourth-order valence-electron chi connectivity index (χ4n) is 1.90. The molecule has 0 fully saturated rings. The topological polar surface area (TPSA) is 89.3 Å². The van der Waals surface area contributed by atoms with E-state index in [1.807, 2.05) is 19.1 Å². The molecular weight excluding hydrogens is 292 g/mol. The monoisotopic (exact) mass is 306 g/mol. The van der Waals surface area contributed by atoms with Gasteiger partial charge in [-0.2, -0.15) is 0 Å². The van der Waals surface area contributed by atoms with Gasteiger partial charge in [0, 0.05) is 12.1 Å². The fraction of sp³-hybridized carbons (Fsp3) is 0.143. The molecule has 0 heterocycles. The van der Waals surface area contributed by atoms with Crippen LogP contribution in [0.4, 0.5) is 11.4 Å². The number of hydrogen-bond donors (Lipinski definition) is 1. The molecule has 0 aliphatic carbocycles. The van der Waals surface area contributed by atoms with E-state index in [0.717, 1.165) is 11.6 Å². The van der Waals surface area contributed by atoms with E-state index in [4.69, 9.17) is 0 Å². The van der Waals surface area contributed by atoms with Crippen LogP contribution in [-0.4, -0.2) is 13.3 Å². The highest BCUT2D eigenvalue weighted by Gasteiger charge is 2.18. The molecule has 0 saturated heterocycles. The standard InChI is InChI=1S/C14H14N2O4S/c1-2-11-6-3-4-9-14(11)15-21(19,20)13-8-5-7-12(10-13)16(17)18/h3-10,15H,2H2,1H3. The summed E-state index contributed by atoms with van der Waals surface area (Å²) in [5.74, 6) is 0. The molecule has 1 N–H and O–H groups in total. The summed E-state index contributed by atoms with van der Waals surface area (Å²) < 4.78 is 27.1. The van der Waals surface area contributed by atoms with Crippen molar-refractivity contribution in [3.05, 3.63) is 64.2 Å². The highest BCUT2D eigenvalue weighted by Crippen LogP contribution is 2.22. The quantitative estimate of drug-likeness (QED) is 0.679. The van der Waals surface area contributed by atoms with Crippen molar-refractivity contribution in [3.63, 3.8) is 0 Å². The summed E-state index contributed by atoms with van der Waals surface area (Å²) in [7, 11) is -3.86. The van der Waals surface area contributed by atoms with E-state index in [0.29, 0.717) is 12.1 Å². The third-order valence-electron chi connectivity index (χ3n) is 2.98. The van der Waals surface area contributed by atoms with E-state index in [2.05, 4.69) is 4.72 Å². The van der Waals surface area contributed by atoms with E-state index in [9.17, 15) is 18.5 Å². The number of nitro groups is 1. The summed E-state index contributed by atoms with van der Waals surface area (Å²) in [4.78, 5) is 9.97. The summed E-state index contributed by atoms with van der Waals surface area (Å²) >= 11 is 0. The Labute approximate surface area is 122 Å². The van der Waals surface area contributed by atoms with Gasteiger partial charge in [0.1, 0.15) is 0 Å². The summed E-state index contributed by atoms with van der Waals surface area (Å²) in [6, 6.07) is 12.0. The number of non-ortho nitro benzene ring substituents is 1. The first kappa shape index (κ1) is 15.0. The van der Waals surface area contributed by atoms with E-state index in [-0.39, 0.29) is 10.6 Å². The molecule has 6 nitrogen and oxygen atoms in total. The van der Waals surface area contributed by atoms with Gasteiger partial charge in [-0.15, -0.1) is 0 Å². The number of para-hydroxylation sites is 1. The summed E-state index contributed by atoms with van der Waals surface area (Å²) in [6.45, 7) is 1.92. The maximum absolute atomic E-state index is 12.3. The van der Waals surface area contributed by atoms with Crippen LogP contribution in [0.5, 0.6) is 0 Å². The highest BCUT2D eigenvalue weighted by molar-refractivity contribution is 7.92. The lowest BCUT2D eigenvalue weighted by Gasteiger charge is -2.11. The molecule has 2 rings (SSSR count). The normalized spacial score (nSPS) is 11.1. The van der Waals surface area contributed by atoms with Crippen LogP contribution in [0, 0.1) is 10.1 Å². The molecule has 0 aliphatic heterocycles. The minimum absolute atomic E-state index is 0.136. The average Bonchev–Trinajstić information content (AvgIpc) is 2.47. The second kappa shape index (κ2) is 5.92. The van der Waals surface area contributed by atoms with Gasteiger partial charge in [0.2, 0.25) is 0 Å². The predicted octanol–water partition coefficient (Wildman–Crippen LogP) is 2.96. The van der Waals surface area contributed by atoms with Crippen LogP contribution in [0.25, 0.3) is 0 Å². The lowest BCUT2D eigenvalue weighted by atomic mass is 10.1. The van der Waals surface area contributed by atoms with E-state index >= 15 is 0 Å². The lowest BCUT2D eigenvalue weighted by molar-refractivity contribution is -0.385. The molecule has 0 radical (unpaired) electrons. The molecule has 0 unspecified atom stereocenters. The number of hydrogen-bond acceptors (Lipinski definition) is 4. The number of sulfonamides is 1. The number of rotatable bonds is 5. The molecule has 0 aliphatic rings. The Morgan fingerprint density at radius 1 is 1.14 bits per heavy atom. The van der Waals surface area contributed by atoms with Gasteiger partial charge >= 0.3 is 0 Å². The first-order valence-corrected chi connectivity index (χ1v) is 7.77. The van der Waals surface area contributed by atoms with E-state index in [1.165, 1.54) is 18.2 Å². The molecule has 21 heavy (non-hydrogen) atoms. The minimum atomic E-state index is -3.86. The Morgan fingerprint density at radius 2 is 1.86 bits per heavy atom. The Morgan fingerprint density at radius 3 is 2.52 bits per heavy atom. The molecule has 0 spiro atoms. The maximum Gasteiger partial charge on any atom is 0.270 e. The highest BCUT2D eigenvalue weighted by atomic mass is 32.2. The average molecular weight is 306 g/mol. The third kappa shape index (κ3) is 3.38. The summed E-state index contributed by atoms with van der Waals surface area (Å²) in [6.07, 6.45) is 0.674. The molecule has 2 aromatic rings. The van der Waals surface area contributed by atoms with Crippen LogP contribution in [0.1, 0.15) is 12.5 Å². The second-order valence-electron chi connectivity index (χ2n) is 4.37. The van der Waals surface area contributed by atoms with Gasteiger partial charge in [0.05, 0.1) is 15.5 Å². The number of nitrogens with one attached hydrogen (secondary N) is 1. The zero-order valence-electron chi connectivity index (χ0n) is 11.3. The molecule has 0 aromatic heterocycles. The van der Waals surface area contributed by atoms with Crippen molar-refractivity contribution in [2.75, 3.05) is 4.72 Å². The van der Waals surface area contributed by atoms with Gasteiger partial charge in [-0.25, -0.2) is 8.42 Å². The van der Waals surface area contributed by atoms with Crippen LogP contribution in [0.2, 0.25) is 0 Å². The van der Waals surface area contributed by atoms with Gasteiger partial charge < -0.3 is 0 Å².